The topological polar surface area (TPSA) is 115 Å². The van der Waals surface area contributed by atoms with Crippen molar-refractivity contribution in [2.75, 3.05) is 13.7 Å². The molecule has 5 N–H and O–H groups in total. The molecule has 0 bridgehead atoms. The second kappa shape index (κ2) is 8.14. The Balaban J connectivity index is 1.64. The van der Waals surface area contributed by atoms with Crippen molar-refractivity contribution in [3.8, 4) is 5.75 Å². The first-order chi connectivity index (χ1) is 14.0. The number of hydrogen-bond donors (Lipinski definition) is 5. The highest BCUT2D eigenvalue weighted by molar-refractivity contribution is 5.84. The van der Waals surface area contributed by atoms with Crippen LogP contribution in [0.5, 0.6) is 5.75 Å². The Morgan fingerprint density at radius 2 is 1.76 bits per heavy atom. The average Bonchev–Trinajstić information content (AvgIpc) is 3.15. The van der Waals surface area contributed by atoms with E-state index < -0.39 is 37.1 Å². The summed E-state index contributed by atoms with van der Waals surface area (Å²) >= 11 is 0. The van der Waals surface area contributed by atoms with Gasteiger partial charge in [0.15, 0.2) is 0 Å². The summed E-state index contributed by atoms with van der Waals surface area (Å²) in [6.07, 6.45) is -3.18. The summed E-state index contributed by atoms with van der Waals surface area (Å²) < 4.78 is 10.9. The summed E-state index contributed by atoms with van der Waals surface area (Å²) in [6, 6.07) is 13.5. The summed E-state index contributed by atoms with van der Waals surface area (Å²) in [5.41, 5.74) is 3.83. The lowest BCUT2D eigenvalue weighted by Crippen LogP contribution is -2.55. The fourth-order valence-electron chi connectivity index (χ4n) is 3.86. The zero-order valence-electron chi connectivity index (χ0n) is 16.0. The van der Waals surface area contributed by atoms with Gasteiger partial charge in [0, 0.05) is 17.1 Å². The van der Waals surface area contributed by atoms with E-state index in [2.05, 4.69) is 4.98 Å². The second-order valence-electron chi connectivity index (χ2n) is 7.39. The van der Waals surface area contributed by atoms with Gasteiger partial charge in [-0.1, -0.05) is 18.2 Å². The number of benzene rings is 2. The van der Waals surface area contributed by atoms with Gasteiger partial charge in [0.25, 0.3) is 0 Å². The molecule has 1 aliphatic heterocycles. The van der Waals surface area contributed by atoms with Crippen LogP contribution in [0, 0.1) is 0 Å². The maximum absolute atomic E-state index is 10.4. The molecule has 0 aliphatic carbocycles. The van der Waals surface area contributed by atoms with Crippen LogP contribution >= 0.6 is 0 Å². The normalized spacial score (nSPS) is 27.3. The summed E-state index contributed by atoms with van der Waals surface area (Å²) in [4.78, 5) is 3.25. The van der Waals surface area contributed by atoms with Gasteiger partial charge in [0.1, 0.15) is 36.3 Å². The minimum absolute atomic E-state index is 0.448. The number of methoxy groups -OCH3 is 1. The van der Waals surface area contributed by atoms with Crippen molar-refractivity contribution in [1.29, 1.82) is 0 Å². The molecule has 0 spiro atoms. The maximum atomic E-state index is 10.4. The Morgan fingerprint density at radius 3 is 2.45 bits per heavy atom. The first kappa shape index (κ1) is 19.9. The first-order valence-electron chi connectivity index (χ1n) is 9.55. The van der Waals surface area contributed by atoms with Crippen LogP contribution in [0.25, 0.3) is 10.9 Å². The van der Waals surface area contributed by atoms with Gasteiger partial charge >= 0.3 is 0 Å². The summed E-state index contributed by atoms with van der Waals surface area (Å²) in [5, 5.41) is 40.9. The number of aliphatic hydroxyl groups excluding tert-OH is 4. The number of rotatable bonds is 5. The second-order valence-corrected chi connectivity index (χ2v) is 7.39. The van der Waals surface area contributed by atoms with Gasteiger partial charge in [0.05, 0.1) is 13.7 Å². The van der Waals surface area contributed by atoms with Crippen molar-refractivity contribution >= 4 is 10.9 Å². The van der Waals surface area contributed by atoms with Gasteiger partial charge in [-0.2, -0.15) is 0 Å². The summed E-state index contributed by atoms with van der Waals surface area (Å²) in [6.45, 7) is -0.448. The van der Waals surface area contributed by atoms with Crippen LogP contribution in [-0.4, -0.2) is 63.5 Å². The Hall–Kier alpha value is -2.42. The standard InChI is InChI=1S/C22H25NO6/c1-28-15-5-2-12(3-6-15)8-14-10-23-17-7-4-13(9-16(14)17)22-21(27)20(26)19(25)18(11-24)29-22/h2-7,9-10,18-27H,8,11H2,1H3/t18-,19-,20+,21-,22?/m1/s1. The van der Waals surface area contributed by atoms with E-state index in [4.69, 9.17) is 9.47 Å². The highest BCUT2D eigenvalue weighted by atomic mass is 16.5. The van der Waals surface area contributed by atoms with Gasteiger partial charge in [-0.25, -0.2) is 0 Å². The Bertz CT molecular complexity index is 967. The fraction of sp³-hybridized carbons (Fsp3) is 0.364. The van der Waals surface area contributed by atoms with Gasteiger partial charge in [-0.15, -0.1) is 0 Å². The van der Waals surface area contributed by atoms with E-state index in [-0.39, 0.29) is 0 Å². The molecule has 2 aromatic carbocycles. The van der Waals surface area contributed by atoms with Gasteiger partial charge < -0.3 is 34.9 Å². The van der Waals surface area contributed by atoms with E-state index in [1.165, 1.54) is 0 Å². The Morgan fingerprint density at radius 1 is 1.00 bits per heavy atom. The molecule has 7 nitrogen and oxygen atoms in total. The molecule has 1 aliphatic rings. The average molecular weight is 399 g/mol. The molecule has 0 radical (unpaired) electrons. The van der Waals surface area contributed by atoms with Crippen LogP contribution in [-0.2, 0) is 11.2 Å². The first-order valence-corrected chi connectivity index (χ1v) is 9.55. The molecule has 29 heavy (non-hydrogen) atoms. The minimum Gasteiger partial charge on any atom is -0.497 e. The molecule has 7 heteroatoms. The molecular formula is C22H25NO6. The molecule has 0 amide bonds. The van der Waals surface area contributed by atoms with Crippen LogP contribution in [0.2, 0.25) is 0 Å². The minimum atomic E-state index is -1.40. The number of aliphatic hydroxyl groups is 4. The van der Waals surface area contributed by atoms with Crippen molar-refractivity contribution in [1.82, 2.24) is 4.98 Å². The van der Waals surface area contributed by atoms with Crippen molar-refractivity contribution in [3.05, 3.63) is 65.4 Å². The predicted molar refractivity (Wildman–Crippen MR) is 107 cm³/mol. The number of aromatic amines is 1. The number of ether oxygens (including phenoxy) is 2. The molecule has 1 fully saturated rings. The van der Waals surface area contributed by atoms with E-state index in [0.29, 0.717) is 12.0 Å². The molecule has 1 saturated heterocycles. The van der Waals surface area contributed by atoms with E-state index in [0.717, 1.165) is 27.8 Å². The zero-order chi connectivity index (χ0) is 20.5. The van der Waals surface area contributed by atoms with Crippen molar-refractivity contribution in [3.63, 3.8) is 0 Å². The van der Waals surface area contributed by atoms with Crippen molar-refractivity contribution in [2.24, 2.45) is 0 Å². The number of H-pyrrole nitrogens is 1. The Kier molecular flexibility index (Phi) is 5.58. The highest BCUT2D eigenvalue weighted by Crippen LogP contribution is 2.34. The molecule has 1 unspecified atom stereocenters. The quantitative estimate of drug-likeness (QED) is 0.442. The third-order valence-electron chi connectivity index (χ3n) is 5.57. The third kappa shape index (κ3) is 3.75. The summed E-state index contributed by atoms with van der Waals surface area (Å²) in [5.74, 6) is 0.803. The SMILES string of the molecule is COc1ccc(Cc2c[nH]c3ccc(C4O[C@H](CO)[C@@H](O)[C@H](O)[C@H]4O)cc23)cc1. The number of nitrogens with one attached hydrogen (secondary N) is 1. The van der Waals surface area contributed by atoms with Crippen LogP contribution < -0.4 is 4.74 Å². The van der Waals surface area contributed by atoms with Crippen LogP contribution in [0.4, 0.5) is 0 Å². The van der Waals surface area contributed by atoms with E-state index in [1.54, 1.807) is 7.11 Å². The lowest BCUT2D eigenvalue weighted by Gasteiger charge is -2.40. The van der Waals surface area contributed by atoms with Crippen molar-refractivity contribution < 1.29 is 29.9 Å². The lowest BCUT2D eigenvalue weighted by atomic mass is 9.90. The molecule has 4 rings (SSSR count). The number of fused-ring (bicyclic) bond motifs is 1. The maximum Gasteiger partial charge on any atom is 0.118 e. The number of aromatic nitrogens is 1. The number of hydrogen-bond acceptors (Lipinski definition) is 6. The van der Waals surface area contributed by atoms with E-state index in [9.17, 15) is 20.4 Å². The molecule has 3 aromatic rings. The molecular weight excluding hydrogens is 374 g/mol. The third-order valence-corrected chi connectivity index (χ3v) is 5.57. The van der Waals surface area contributed by atoms with Gasteiger partial charge in [-0.3, -0.25) is 0 Å². The van der Waals surface area contributed by atoms with Gasteiger partial charge in [-0.05, 0) is 47.4 Å². The molecule has 0 saturated carbocycles. The monoisotopic (exact) mass is 399 g/mol. The lowest BCUT2D eigenvalue weighted by molar-refractivity contribution is -0.231. The predicted octanol–water partition coefficient (Wildman–Crippen LogP) is 1.28. The highest BCUT2D eigenvalue weighted by Gasteiger charge is 2.43. The summed E-state index contributed by atoms with van der Waals surface area (Å²) in [7, 11) is 1.63. The Labute approximate surface area is 168 Å². The van der Waals surface area contributed by atoms with Crippen molar-refractivity contribution in [2.45, 2.75) is 36.9 Å². The smallest absolute Gasteiger partial charge is 0.118 e. The molecule has 2 heterocycles. The largest absolute Gasteiger partial charge is 0.497 e. The van der Waals surface area contributed by atoms with Crippen LogP contribution in [0.1, 0.15) is 22.8 Å². The van der Waals surface area contributed by atoms with Gasteiger partial charge in [0.2, 0.25) is 0 Å². The van der Waals surface area contributed by atoms with E-state index >= 15 is 0 Å². The van der Waals surface area contributed by atoms with E-state index in [1.807, 2.05) is 48.7 Å². The molecule has 154 valence electrons. The molecule has 5 atom stereocenters. The zero-order valence-corrected chi connectivity index (χ0v) is 16.0. The fourth-order valence-corrected chi connectivity index (χ4v) is 3.86. The molecule has 1 aromatic heterocycles. The van der Waals surface area contributed by atoms with Crippen LogP contribution in [0.15, 0.2) is 48.7 Å². The van der Waals surface area contributed by atoms with Crippen LogP contribution in [0.3, 0.4) is 0 Å².